The number of halogens is 2. The fourth-order valence-electron chi connectivity index (χ4n) is 3.38. The highest BCUT2D eigenvalue weighted by molar-refractivity contribution is 9.10. The summed E-state index contributed by atoms with van der Waals surface area (Å²) < 4.78 is 3.39. The number of ketones is 1. The molecule has 0 saturated carbocycles. The van der Waals surface area contributed by atoms with Gasteiger partial charge in [-0.1, -0.05) is 37.9 Å². The lowest BCUT2D eigenvalue weighted by atomic mass is 9.94. The third kappa shape index (κ3) is 2.47. The second-order valence-electron chi connectivity index (χ2n) is 5.92. The molecule has 24 heavy (non-hydrogen) atoms. The van der Waals surface area contributed by atoms with Gasteiger partial charge < -0.3 is 0 Å². The van der Waals surface area contributed by atoms with Crippen LogP contribution in [0.25, 0.3) is 10.9 Å². The minimum atomic E-state index is -0.167. The molecule has 0 amide bonds. The van der Waals surface area contributed by atoms with Crippen molar-refractivity contribution in [1.29, 1.82) is 0 Å². The number of Topliss-reactive ketones (excluding diaryl/α,β-unsaturated/α-hetero) is 1. The molecule has 3 nitrogen and oxygen atoms in total. The predicted molar refractivity (Wildman–Crippen MR) is 101 cm³/mol. The van der Waals surface area contributed by atoms with Gasteiger partial charge in [0.05, 0.1) is 11.2 Å². The van der Waals surface area contributed by atoms with Crippen molar-refractivity contribution in [3.05, 3.63) is 68.2 Å². The zero-order valence-electron chi connectivity index (χ0n) is 12.7. The minimum Gasteiger partial charge on any atom is -0.293 e. The molecule has 1 aliphatic carbocycles. The third-order valence-corrected chi connectivity index (χ3v) is 5.39. The molecule has 0 saturated heterocycles. The Morgan fingerprint density at radius 2 is 1.79 bits per heavy atom. The second-order valence-corrected chi connectivity index (χ2v) is 7.75. The third-order valence-electron chi connectivity index (χ3n) is 4.40. The average Bonchev–Trinajstić information content (AvgIpc) is 2.89. The molecule has 0 fully saturated rings. The van der Waals surface area contributed by atoms with Crippen LogP contribution in [-0.2, 0) is 6.42 Å². The molecule has 1 heterocycles. The first-order valence-electron chi connectivity index (χ1n) is 7.72. The standard InChI is InChI=1S/C19H13Br2NO2/c20-12-4-1-3-11(9-12)19(24)22-16-8-7-13(21)10-15(16)14-5-2-6-17(23)18(14)22/h1,3-4,7-10H,2,5-6H2. The molecular formula is C19H13Br2NO2. The van der Waals surface area contributed by atoms with Crippen LogP contribution >= 0.6 is 31.9 Å². The molecule has 0 aliphatic heterocycles. The van der Waals surface area contributed by atoms with Crippen molar-refractivity contribution >= 4 is 54.5 Å². The lowest BCUT2D eigenvalue weighted by molar-refractivity contribution is 0.0913. The van der Waals surface area contributed by atoms with Crippen molar-refractivity contribution < 1.29 is 9.59 Å². The van der Waals surface area contributed by atoms with Crippen molar-refractivity contribution in [2.24, 2.45) is 0 Å². The number of hydrogen-bond acceptors (Lipinski definition) is 2. The van der Waals surface area contributed by atoms with E-state index in [2.05, 4.69) is 31.9 Å². The van der Waals surface area contributed by atoms with E-state index in [1.165, 1.54) is 0 Å². The van der Waals surface area contributed by atoms with E-state index >= 15 is 0 Å². The Balaban J connectivity index is 2.03. The number of carbonyl (C=O) groups is 2. The van der Waals surface area contributed by atoms with Crippen LogP contribution < -0.4 is 0 Å². The highest BCUT2D eigenvalue weighted by atomic mass is 79.9. The Labute approximate surface area is 155 Å². The summed E-state index contributed by atoms with van der Waals surface area (Å²) in [7, 11) is 0. The highest BCUT2D eigenvalue weighted by Crippen LogP contribution is 2.34. The Bertz CT molecular complexity index is 1000. The molecule has 0 spiro atoms. The van der Waals surface area contributed by atoms with Crippen LogP contribution in [0, 0.1) is 0 Å². The van der Waals surface area contributed by atoms with Gasteiger partial charge in [-0.3, -0.25) is 14.2 Å². The fraction of sp³-hybridized carbons (Fsp3) is 0.158. The zero-order valence-corrected chi connectivity index (χ0v) is 15.9. The Morgan fingerprint density at radius 3 is 2.58 bits per heavy atom. The van der Waals surface area contributed by atoms with Gasteiger partial charge in [0.15, 0.2) is 5.78 Å². The van der Waals surface area contributed by atoms with Crippen LogP contribution in [0.5, 0.6) is 0 Å². The maximum atomic E-state index is 13.2. The van der Waals surface area contributed by atoms with Crippen molar-refractivity contribution in [2.45, 2.75) is 19.3 Å². The van der Waals surface area contributed by atoms with Crippen molar-refractivity contribution in [2.75, 3.05) is 0 Å². The van der Waals surface area contributed by atoms with E-state index in [4.69, 9.17) is 0 Å². The van der Waals surface area contributed by atoms with E-state index in [0.29, 0.717) is 17.7 Å². The zero-order chi connectivity index (χ0) is 16.8. The smallest absolute Gasteiger partial charge is 0.263 e. The van der Waals surface area contributed by atoms with Crippen molar-refractivity contribution in [3.8, 4) is 0 Å². The first-order valence-corrected chi connectivity index (χ1v) is 9.31. The van der Waals surface area contributed by atoms with Gasteiger partial charge in [-0.25, -0.2) is 0 Å². The van der Waals surface area contributed by atoms with Gasteiger partial charge in [0.1, 0.15) is 0 Å². The Morgan fingerprint density at radius 1 is 1.00 bits per heavy atom. The molecule has 2 aromatic carbocycles. The largest absolute Gasteiger partial charge is 0.293 e. The van der Waals surface area contributed by atoms with E-state index in [9.17, 15) is 9.59 Å². The van der Waals surface area contributed by atoms with Crippen LogP contribution in [0.4, 0.5) is 0 Å². The average molecular weight is 447 g/mol. The summed E-state index contributed by atoms with van der Waals surface area (Å²) in [6.07, 6.45) is 2.16. The molecule has 1 aromatic heterocycles. The number of aromatic nitrogens is 1. The highest BCUT2D eigenvalue weighted by Gasteiger charge is 2.29. The molecule has 0 N–H and O–H groups in total. The predicted octanol–water partition coefficient (Wildman–Crippen LogP) is 5.37. The van der Waals surface area contributed by atoms with Gasteiger partial charge >= 0.3 is 0 Å². The van der Waals surface area contributed by atoms with Gasteiger partial charge in [-0.05, 0) is 54.8 Å². The van der Waals surface area contributed by atoms with E-state index in [1.54, 1.807) is 16.7 Å². The van der Waals surface area contributed by atoms with Crippen LogP contribution in [0.3, 0.4) is 0 Å². The van der Waals surface area contributed by atoms with Gasteiger partial charge in [0.25, 0.3) is 5.91 Å². The number of benzene rings is 2. The summed E-state index contributed by atoms with van der Waals surface area (Å²) in [6, 6.07) is 13.1. The van der Waals surface area contributed by atoms with Gasteiger partial charge in [0, 0.05) is 26.3 Å². The number of carbonyl (C=O) groups excluding carboxylic acids is 2. The quantitative estimate of drug-likeness (QED) is 0.503. The fourth-order valence-corrected chi connectivity index (χ4v) is 4.14. The normalized spacial score (nSPS) is 14.0. The Kier molecular flexibility index (Phi) is 3.93. The number of aryl methyl sites for hydroxylation is 1. The summed E-state index contributed by atoms with van der Waals surface area (Å²) in [4.78, 5) is 25.7. The van der Waals surface area contributed by atoms with Crippen molar-refractivity contribution in [1.82, 2.24) is 4.57 Å². The van der Waals surface area contributed by atoms with Gasteiger partial charge in [-0.15, -0.1) is 0 Å². The summed E-state index contributed by atoms with van der Waals surface area (Å²) >= 11 is 6.90. The summed E-state index contributed by atoms with van der Waals surface area (Å²) in [5.41, 5.74) is 2.90. The molecule has 4 rings (SSSR count). The summed E-state index contributed by atoms with van der Waals surface area (Å²) in [5.74, 6) is -0.118. The number of rotatable bonds is 1. The maximum Gasteiger partial charge on any atom is 0.263 e. The molecular weight excluding hydrogens is 434 g/mol. The second kappa shape index (κ2) is 5.97. The van der Waals surface area contributed by atoms with E-state index in [0.717, 1.165) is 38.3 Å². The molecule has 0 radical (unpaired) electrons. The molecule has 3 aromatic rings. The topological polar surface area (TPSA) is 39.1 Å². The van der Waals surface area contributed by atoms with Crippen LogP contribution in [-0.4, -0.2) is 16.3 Å². The molecule has 0 atom stereocenters. The molecule has 1 aliphatic rings. The summed E-state index contributed by atoms with van der Waals surface area (Å²) in [6.45, 7) is 0. The lowest BCUT2D eigenvalue weighted by Gasteiger charge is -2.14. The van der Waals surface area contributed by atoms with Crippen LogP contribution in [0.1, 0.15) is 39.3 Å². The lowest BCUT2D eigenvalue weighted by Crippen LogP contribution is -2.21. The van der Waals surface area contributed by atoms with E-state index in [-0.39, 0.29) is 11.7 Å². The van der Waals surface area contributed by atoms with Crippen molar-refractivity contribution in [3.63, 3.8) is 0 Å². The van der Waals surface area contributed by atoms with Crippen LogP contribution in [0.15, 0.2) is 51.4 Å². The SMILES string of the molecule is O=C1CCCc2c1n(C(=O)c1cccc(Br)c1)c1ccc(Br)cc21. The van der Waals surface area contributed by atoms with Gasteiger partial charge in [0.2, 0.25) is 0 Å². The maximum absolute atomic E-state index is 13.2. The van der Waals surface area contributed by atoms with E-state index < -0.39 is 0 Å². The first-order chi connectivity index (χ1) is 11.6. The number of hydrogen-bond donors (Lipinski definition) is 0. The first kappa shape index (κ1) is 15.8. The molecule has 5 heteroatoms. The van der Waals surface area contributed by atoms with Crippen LogP contribution in [0.2, 0.25) is 0 Å². The summed E-state index contributed by atoms with van der Waals surface area (Å²) in [5, 5.41) is 0.982. The monoisotopic (exact) mass is 445 g/mol. The van der Waals surface area contributed by atoms with E-state index in [1.807, 2.05) is 30.3 Å². The molecule has 0 unspecified atom stereocenters. The molecule has 0 bridgehead atoms. The van der Waals surface area contributed by atoms with Gasteiger partial charge in [-0.2, -0.15) is 0 Å². The number of nitrogens with zero attached hydrogens (tertiary/aromatic N) is 1. The Hall–Kier alpha value is -1.72. The molecule has 120 valence electrons. The number of fused-ring (bicyclic) bond motifs is 3. The minimum absolute atomic E-state index is 0.0481.